The molecule has 0 spiro atoms. The van der Waals surface area contributed by atoms with Gasteiger partial charge in [0.15, 0.2) is 11.6 Å². The van der Waals surface area contributed by atoms with Crippen molar-refractivity contribution in [3.05, 3.63) is 42.2 Å². The minimum Gasteiger partial charge on any atom is -0.297 e. The van der Waals surface area contributed by atoms with Gasteiger partial charge in [-0.2, -0.15) is 0 Å². The minimum atomic E-state index is -0.642. The van der Waals surface area contributed by atoms with Crippen molar-refractivity contribution in [3.63, 3.8) is 0 Å². The van der Waals surface area contributed by atoms with Gasteiger partial charge in [-0.05, 0) is 26.1 Å². The van der Waals surface area contributed by atoms with Gasteiger partial charge >= 0.3 is 0 Å². The summed E-state index contributed by atoms with van der Waals surface area (Å²) in [6.07, 6.45) is 3.19. The molecule has 1 aromatic rings. The normalized spacial score (nSPS) is 24.2. The van der Waals surface area contributed by atoms with Gasteiger partial charge in [0.2, 0.25) is 0 Å². The standard InChI is InChI=1S/C14H16N2O2/c1-4-11-13(12(17)8-16(11)3)14(18)10-6-5-9(2)15-7-10/h4-7,11,13H,1,8H2,2-3H3. The Morgan fingerprint density at radius 3 is 2.83 bits per heavy atom. The Hall–Kier alpha value is -1.81. The summed E-state index contributed by atoms with van der Waals surface area (Å²) in [5.74, 6) is -0.855. The first kappa shape index (κ1) is 12.6. The predicted molar refractivity (Wildman–Crippen MR) is 68.4 cm³/mol. The lowest BCUT2D eigenvalue weighted by molar-refractivity contribution is -0.118. The Labute approximate surface area is 106 Å². The number of pyridine rings is 1. The molecule has 1 aromatic heterocycles. The SMILES string of the molecule is C=CC1C(C(=O)c2ccc(C)nc2)C(=O)CN1C. The van der Waals surface area contributed by atoms with Crippen LogP contribution in [0.5, 0.6) is 0 Å². The van der Waals surface area contributed by atoms with E-state index < -0.39 is 5.92 Å². The summed E-state index contributed by atoms with van der Waals surface area (Å²) in [4.78, 5) is 30.2. The fourth-order valence-corrected chi connectivity index (χ4v) is 2.30. The number of rotatable bonds is 3. The Kier molecular flexibility index (Phi) is 3.39. The van der Waals surface area contributed by atoms with Gasteiger partial charge in [0, 0.05) is 23.5 Å². The molecule has 2 atom stereocenters. The van der Waals surface area contributed by atoms with Gasteiger partial charge in [0.25, 0.3) is 0 Å². The third-order valence-corrected chi connectivity index (χ3v) is 3.32. The lowest BCUT2D eigenvalue weighted by Crippen LogP contribution is -2.32. The molecule has 94 valence electrons. The number of aryl methyl sites for hydroxylation is 1. The van der Waals surface area contributed by atoms with Gasteiger partial charge in [-0.3, -0.25) is 19.5 Å². The molecule has 1 aliphatic rings. The first-order valence-electron chi connectivity index (χ1n) is 5.87. The van der Waals surface area contributed by atoms with Crippen LogP contribution in [0, 0.1) is 12.8 Å². The average molecular weight is 244 g/mol. The van der Waals surface area contributed by atoms with Crippen molar-refractivity contribution in [2.75, 3.05) is 13.6 Å². The van der Waals surface area contributed by atoms with Crippen molar-refractivity contribution < 1.29 is 9.59 Å². The summed E-state index contributed by atoms with van der Waals surface area (Å²) in [6, 6.07) is 3.28. The molecule has 2 unspecified atom stereocenters. The fraction of sp³-hybridized carbons (Fsp3) is 0.357. The highest BCUT2D eigenvalue weighted by atomic mass is 16.2. The largest absolute Gasteiger partial charge is 0.297 e. The lowest BCUT2D eigenvalue weighted by Gasteiger charge is -2.18. The first-order valence-corrected chi connectivity index (χ1v) is 5.87. The van der Waals surface area contributed by atoms with Crippen LogP contribution in [0.1, 0.15) is 16.1 Å². The smallest absolute Gasteiger partial charge is 0.176 e. The molecule has 2 rings (SSSR count). The number of hydrogen-bond donors (Lipinski definition) is 0. The lowest BCUT2D eigenvalue weighted by atomic mass is 9.91. The highest BCUT2D eigenvalue weighted by Gasteiger charge is 2.42. The van der Waals surface area contributed by atoms with Crippen LogP contribution in [0.3, 0.4) is 0 Å². The number of hydrogen-bond acceptors (Lipinski definition) is 4. The summed E-state index contributed by atoms with van der Waals surface area (Å²) in [5, 5.41) is 0. The Morgan fingerprint density at radius 2 is 2.28 bits per heavy atom. The third-order valence-electron chi connectivity index (χ3n) is 3.32. The number of carbonyl (C=O) groups excluding carboxylic acids is 2. The molecular formula is C14H16N2O2. The van der Waals surface area contributed by atoms with E-state index in [1.54, 1.807) is 18.2 Å². The van der Waals surface area contributed by atoms with Gasteiger partial charge in [0.1, 0.15) is 5.92 Å². The van der Waals surface area contributed by atoms with Gasteiger partial charge in [0.05, 0.1) is 6.54 Å². The zero-order valence-electron chi connectivity index (χ0n) is 10.6. The molecule has 2 heterocycles. The van der Waals surface area contributed by atoms with Crippen molar-refractivity contribution in [1.29, 1.82) is 0 Å². The number of ketones is 2. The van der Waals surface area contributed by atoms with Crippen LogP contribution in [0.4, 0.5) is 0 Å². The van der Waals surface area contributed by atoms with Crippen LogP contribution in [0.15, 0.2) is 31.0 Å². The summed E-state index contributed by atoms with van der Waals surface area (Å²) < 4.78 is 0. The Balaban J connectivity index is 2.30. The molecule has 0 amide bonds. The molecule has 4 nitrogen and oxygen atoms in total. The summed E-state index contributed by atoms with van der Waals surface area (Å²) in [5.41, 5.74) is 1.34. The van der Waals surface area contributed by atoms with Crippen molar-refractivity contribution in [2.24, 2.45) is 5.92 Å². The molecule has 1 fully saturated rings. The Morgan fingerprint density at radius 1 is 1.56 bits per heavy atom. The second-order valence-electron chi connectivity index (χ2n) is 4.64. The number of nitrogens with zero attached hydrogens (tertiary/aromatic N) is 2. The molecule has 0 N–H and O–H groups in total. The van der Waals surface area contributed by atoms with Crippen molar-refractivity contribution in [1.82, 2.24) is 9.88 Å². The van der Waals surface area contributed by atoms with E-state index in [0.717, 1.165) is 5.69 Å². The molecule has 4 heteroatoms. The van der Waals surface area contributed by atoms with Crippen LogP contribution in [0.25, 0.3) is 0 Å². The van der Waals surface area contributed by atoms with Gasteiger partial charge in [-0.25, -0.2) is 0 Å². The average Bonchev–Trinajstić information content (AvgIpc) is 2.63. The fourth-order valence-electron chi connectivity index (χ4n) is 2.30. The van der Waals surface area contributed by atoms with E-state index in [2.05, 4.69) is 11.6 Å². The van der Waals surface area contributed by atoms with Crippen LogP contribution in [0.2, 0.25) is 0 Å². The number of likely N-dealkylation sites (N-methyl/N-ethyl adjacent to an activating group) is 1. The maximum atomic E-state index is 12.3. The minimum absolute atomic E-state index is 0.0482. The second kappa shape index (κ2) is 4.82. The number of likely N-dealkylation sites (tertiary alicyclic amines) is 1. The highest BCUT2D eigenvalue weighted by Crippen LogP contribution is 2.24. The quantitative estimate of drug-likeness (QED) is 0.456. The van der Waals surface area contributed by atoms with Crippen LogP contribution >= 0.6 is 0 Å². The van der Waals surface area contributed by atoms with Crippen LogP contribution < -0.4 is 0 Å². The van der Waals surface area contributed by atoms with E-state index in [4.69, 9.17) is 0 Å². The van der Waals surface area contributed by atoms with E-state index in [1.807, 2.05) is 18.9 Å². The number of Topliss-reactive ketones (excluding diaryl/α,β-unsaturated/α-hetero) is 2. The molecule has 0 aliphatic carbocycles. The molecule has 0 saturated carbocycles. The van der Waals surface area contributed by atoms with Crippen molar-refractivity contribution in [3.8, 4) is 0 Å². The van der Waals surface area contributed by atoms with Crippen LogP contribution in [-0.4, -0.2) is 41.1 Å². The summed E-state index contributed by atoms with van der Waals surface area (Å²) in [6.45, 7) is 5.86. The topological polar surface area (TPSA) is 50.3 Å². The first-order chi connectivity index (χ1) is 8.54. The predicted octanol–water partition coefficient (Wildman–Crippen LogP) is 1.26. The molecule has 1 aliphatic heterocycles. The van der Waals surface area contributed by atoms with Gasteiger partial charge in [-0.15, -0.1) is 6.58 Å². The van der Waals surface area contributed by atoms with E-state index in [9.17, 15) is 9.59 Å². The van der Waals surface area contributed by atoms with Gasteiger partial charge in [-0.1, -0.05) is 6.08 Å². The summed E-state index contributed by atoms with van der Waals surface area (Å²) >= 11 is 0. The van der Waals surface area contributed by atoms with E-state index in [1.165, 1.54) is 6.20 Å². The monoisotopic (exact) mass is 244 g/mol. The number of aromatic nitrogens is 1. The zero-order chi connectivity index (χ0) is 13.3. The van der Waals surface area contributed by atoms with Gasteiger partial charge < -0.3 is 0 Å². The van der Waals surface area contributed by atoms with E-state index in [0.29, 0.717) is 12.1 Å². The summed E-state index contributed by atoms with van der Waals surface area (Å²) in [7, 11) is 1.82. The van der Waals surface area contributed by atoms with Crippen molar-refractivity contribution >= 4 is 11.6 Å². The van der Waals surface area contributed by atoms with Crippen LogP contribution in [-0.2, 0) is 4.79 Å². The molecule has 18 heavy (non-hydrogen) atoms. The highest BCUT2D eigenvalue weighted by molar-refractivity contribution is 6.13. The molecule has 0 aromatic carbocycles. The van der Waals surface area contributed by atoms with Crippen molar-refractivity contribution in [2.45, 2.75) is 13.0 Å². The Bertz CT molecular complexity index is 493. The molecule has 1 saturated heterocycles. The number of carbonyl (C=O) groups is 2. The third kappa shape index (κ3) is 2.11. The molecule has 0 bridgehead atoms. The maximum absolute atomic E-state index is 12.3. The van der Waals surface area contributed by atoms with E-state index >= 15 is 0 Å². The zero-order valence-corrected chi connectivity index (χ0v) is 10.6. The van der Waals surface area contributed by atoms with E-state index in [-0.39, 0.29) is 17.6 Å². The second-order valence-corrected chi connectivity index (χ2v) is 4.64. The maximum Gasteiger partial charge on any atom is 0.176 e. The molecule has 0 radical (unpaired) electrons. The molecular weight excluding hydrogens is 228 g/mol.